The minimum atomic E-state index is -0.422. The average molecular weight is 426 g/mol. The summed E-state index contributed by atoms with van der Waals surface area (Å²) in [4.78, 5) is 33.9. The molecular formula is C23H27N3O3S. The summed E-state index contributed by atoms with van der Waals surface area (Å²) in [6, 6.07) is 12.6. The zero-order valence-corrected chi connectivity index (χ0v) is 18.7. The van der Waals surface area contributed by atoms with Gasteiger partial charge in [-0.25, -0.2) is 9.78 Å². The Labute approximate surface area is 181 Å². The van der Waals surface area contributed by atoms with Crippen molar-refractivity contribution >= 4 is 38.6 Å². The fraction of sp³-hybridized carbons (Fsp3) is 0.348. The van der Waals surface area contributed by atoms with E-state index in [1.807, 2.05) is 25.1 Å². The van der Waals surface area contributed by atoms with Gasteiger partial charge >= 0.3 is 5.97 Å². The fourth-order valence-electron chi connectivity index (χ4n) is 3.28. The standard InChI is InChI=1S/C23H27N3O3S/c1-5-25(6-2)14-15-26(23-24-20-16(3)8-7-9-19(20)30-23)21(27)17-10-12-18(13-11-17)22(28)29-4/h7-13H,5-6,14-15H2,1-4H3. The maximum atomic E-state index is 13.4. The Morgan fingerprint density at radius 1 is 1.00 bits per heavy atom. The van der Waals surface area contributed by atoms with E-state index in [0.29, 0.717) is 22.8 Å². The van der Waals surface area contributed by atoms with Crippen molar-refractivity contribution in [1.29, 1.82) is 0 Å². The highest BCUT2D eigenvalue weighted by atomic mass is 32.1. The first-order chi connectivity index (χ1) is 14.5. The van der Waals surface area contributed by atoms with Crippen LogP contribution in [0.15, 0.2) is 42.5 Å². The third-order valence-corrected chi connectivity index (χ3v) is 6.22. The van der Waals surface area contributed by atoms with Crippen LogP contribution in [-0.2, 0) is 4.74 Å². The first kappa shape index (κ1) is 21.9. The Hall–Kier alpha value is -2.77. The molecule has 0 spiro atoms. The van der Waals surface area contributed by atoms with E-state index < -0.39 is 5.97 Å². The largest absolute Gasteiger partial charge is 0.465 e. The summed E-state index contributed by atoms with van der Waals surface area (Å²) in [5.41, 5.74) is 2.95. The van der Waals surface area contributed by atoms with Crippen LogP contribution in [0.25, 0.3) is 10.2 Å². The molecule has 6 nitrogen and oxygen atoms in total. The Morgan fingerprint density at radius 3 is 2.27 bits per heavy atom. The molecule has 0 bridgehead atoms. The fourth-order valence-corrected chi connectivity index (χ4v) is 4.35. The monoisotopic (exact) mass is 425 g/mol. The van der Waals surface area contributed by atoms with E-state index in [2.05, 4.69) is 18.7 Å². The van der Waals surface area contributed by atoms with E-state index in [1.54, 1.807) is 29.2 Å². The molecular weight excluding hydrogens is 398 g/mol. The predicted octanol–water partition coefficient (Wildman–Crippen LogP) is 4.38. The lowest BCUT2D eigenvalue weighted by molar-refractivity contribution is 0.0600. The molecule has 0 aliphatic carbocycles. The smallest absolute Gasteiger partial charge is 0.337 e. The van der Waals surface area contributed by atoms with Gasteiger partial charge in [0.15, 0.2) is 5.13 Å². The van der Waals surface area contributed by atoms with Crippen LogP contribution in [0, 0.1) is 6.92 Å². The third kappa shape index (κ3) is 4.68. The molecule has 3 rings (SSSR count). The molecule has 7 heteroatoms. The van der Waals surface area contributed by atoms with Crippen LogP contribution in [-0.4, -0.2) is 55.0 Å². The minimum Gasteiger partial charge on any atom is -0.465 e. The van der Waals surface area contributed by atoms with E-state index in [-0.39, 0.29) is 5.91 Å². The zero-order valence-electron chi connectivity index (χ0n) is 17.8. The molecule has 1 heterocycles. The molecule has 30 heavy (non-hydrogen) atoms. The number of esters is 1. The van der Waals surface area contributed by atoms with Crippen molar-refractivity contribution in [1.82, 2.24) is 9.88 Å². The molecule has 1 amide bonds. The van der Waals surface area contributed by atoms with Gasteiger partial charge < -0.3 is 9.64 Å². The van der Waals surface area contributed by atoms with Crippen molar-refractivity contribution in [2.24, 2.45) is 0 Å². The molecule has 0 saturated heterocycles. The lowest BCUT2D eigenvalue weighted by atomic mass is 10.1. The second-order valence-corrected chi connectivity index (χ2v) is 7.98. The Bertz CT molecular complexity index is 1030. The summed E-state index contributed by atoms with van der Waals surface area (Å²) in [6.07, 6.45) is 0. The number of amides is 1. The van der Waals surface area contributed by atoms with Gasteiger partial charge in [-0.15, -0.1) is 0 Å². The maximum absolute atomic E-state index is 13.4. The topological polar surface area (TPSA) is 62.7 Å². The Balaban J connectivity index is 1.94. The van der Waals surface area contributed by atoms with Gasteiger partial charge in [-0.1, -0.05) is 37.3 Å². The maximum Gasteiger partial charge on any atom is 0.337 e. The second kappa shape index (κ2) is 9.82. The lowest BCUT2D eigenvalue weighted by Gasteiger charge is -2.24. The molecule has 0 N–H and O–H groups in total. The number of thiazole rings is 1. The lowest BCUT2D eigenvalue weighted by Crippen LogP contribution is -2.38. The van der Waals surface area contributed by atoms with E-state index in [1.165, 1.54) is 18.4 Å². The normalized spacial score (nSPS) is 11.1. The minimum absolute atomic E-state index is 0.129. The van der Waals surface area contributed by atoms with Crippen LogP contribution in [0.5, 0.6) is 0 Å². The summed E-state index contributed by atoms with van der Waals surface area (Å²) >= 11 is 1.52. The SMILES string of the molecule is CCN(CC)CCN(C(=O)c1ccc(C(=O)OC)cc1)c1nc2c(C)cccc2s1. The van der Waals surface area contributed by atoms with Crippen molar-refractivity contribution in [2.75, 3.05) is 38.2 Å². The number of fused-ring (bicyclic) bond motifs is 1. The summed E-state index contributed by atoms with van der Waals surface area (Å²) in [6.45, 7) is 9.40. The second-order valence-electron chi connectivity index (χ2n) is 6.97. The predicted molar refractivity (Wildman–Crippen MR) is 122 cm³/mol. The molecule has 3 aromatic rings. The number of aryl methyl sites for hydroxylation is 1. The van der Waals surface area contributed by atoms with E-state index in [9.17, 15) is 9.59 Å². The quantitative estimate of drug-likeness (QED) is 0.501. The molecule has 0 aliphatic rings. The van der Waals surface area contributed by atoms with Gasteiger partial charge in [-0.2, -0.15) is 0 Å². The molecule has 158 valence electrons. The molecule has 2 aromatic carbocycles. The number of rotatable bonds is 8. The summed E-state index contributed by atoms with van der Waals surface area (Å²) in [5, 5.41) is 0.688. The summed E-state index contributed by atoms with van der Waals surface area (Å²) in [5.74, 6) is -0.552. The van der Waals surface area contributed by atoms with Gasteiger partial charge in [-0.3, -0.25) is 9.69 Å². The van der Waals surface area contributed by atoms with Gasteiger partial charge in [0.25, 0.3) is 5.91 Å². The van der Waals surface area contributed by atoms with Gasteiger partial charge in [0.2, 0.25) is 0 Å². The van der Waals surface area contributed by atoms with Crippen molar-refractivity contribution in [3.8, 4) is 0 Å². The van der Waals surface area contributed by atoms with Crippen LogP contribution in [0.4, 0.5) is 5.13 Å². The molecule has 0 unspecified atom stereocenters. The number of benzene rings is 2. The van der Waals surface area contributed by atoms with Gasteiger partial charge in [0.05, 0.1) is 22.9 Å². The van der Waals surface area contributed by atoms with Crippen LogP contribution in [0.3, 0.4) is 0 Å². The van der Waals surface area contributed by atoms with E-state index in [0.717, 1.165) is 35.4 Å². The average Bonchev–Trinajstić information content (AvgIpc) is 3.21. The number of ether oxygens (including phenoxy) is 1. The highest BCUT2D eigenvalue weighted by Gasteiger charge is 2.22. The molecule has 0 fully saturated rings. The number of hydrogen-bond donors (Lipinski definition) is 0. The number of likely N-dealkylation sites (N-methyl/N-ethyl adjacent to an activating group) is 1. The van der Waals surface area contributed by atoms with E-state index >= 15 is 0 Å². The number of anilines is 1. The Kier molecular flexibility index (Phi) is 7.18. The molecule has 0 atom stereocenters. The summed E-state index contributed by atoms with van der Waals surface area (Å²) < 4.78 is 5.80. The first-order valence-corrected chi connectivity index (χ1v) is 10.9. The van der Waals surface area contributed by atoms with Gasteiger partial charge in [-0.05, 0) is 55.9 Å². The number of nitrogens with zero attached hydrogens (tertiary/aromatic N) is 3. The number of carbonyl (C=O) groups excluding carboxylic acids is 2. The van der Waals surface area contributed by atoms with Crippen LogP contribution >= 0.6 is 11.3 Å². The number of aromatic nitrogens is 1. The summed E-state index contributed by atoms with van der Waals surface area (Å²) in [7, 11) is 1.34. The number of carbonyl (C=O) groups is 2. The molecule has 1 aromatic heterocycles. The van der Waals surface area contributed by atoms with Gasteiger partial charge in [0, 0.05) is 18.7 Å². The van der Waals surface area contributed by atoms with Gasteiger partial charge in [0.1, 0.15) is 0 Å². The molecule has 0 aliphatic heterocycles. The van der Waals surface area contributed by atoms with Crippen LogP contribution in [0.1, 0.15) is 40.1 Å². The highest BCUT2D eigenvalue weighted by Crippen LogP contribution is 2.31. The van der Waals surface area contributed by atoms with E-state index in [4.69, 9.17) is 9.72 Å². The van der Waals surface area contributed by atoms with Crippen molar-refractivity contribution in [3.05, 3.63) is 59.2 Å². The first-order valence-electron chi connectivity index (χ1n) is 10.1. The number of methoxy groups -OCH3 is 1. The van der Waals surface area contributed by atoms with Crippen LogP contribution < -0.4 is 4.90 Å². The third-order valence-electron chi connectivity index (χ3n) is 5.17. The van der Waals surface area contributed by atoms with Crippen molar-refractivity contribution in [2.45, 2.75) is 20.8 Å². The number of hydrogen-bond acceptors (Lipinski definition) is 6. The van der Waals surface area contributed by atoms with Crippen molar-refractivity contribution in [3.63, 3.8) is 0 Å². The zero-order chi connectivity index (χ0) is 21.7. The molecule has 0 radical (unpaired) electrons. The van der Waals surface area contributed by atoms with Crippen molar-refractivity contribution < 1.29 is 14.3 Å². The van der Waals surface area contributed by atoms with Crippen LogP contribution in [0.2, 0.25) is 0 Å². The number of para-hydroxylation sites is 1. The highest BCUT2D eigenvalue weighted by molar-refractivity contribution is 7.22. The Morgan fingerprint density at radius 2 is 1.67 bits per heavy atom. The molecule has 0 saturated carbocycles.